The predicted octanol–water partition coefficient (Wildman–Crippen LogP) is 2.80. The van der Waals surface area contributed by atoms with E-state index in [1.807, 2.05) is 31.3 Å². The number of hydrogen-bond donors (Lipinski definition) is 2. The second-order valence-corrected chi connectivity index (χ2v) is 6.10. The van der Waals surface area contributed by atoms with Gasteiger partial charge in [0.1, 0.15) is 23.1 Å². The topological polar surface area (TPSA) is 72.5 Å². The van der Waals surface area contributed by atoms with Gasteiger partial charge in [0, 0.05) is 29.7 Å². The molecule has 3 heterocycles. The molecule has 0 bridgehead atoms. The number of likely N-dealkylation sites (N-methyl/N-ethyl adjacent to an activating group) is 1. The smallest absolute Gasteiger partial charge is 0.225 e. The number of rotatable bonds is 3. The van der Waals surface area contributed by atoms with Gasteiger partial charge in [-0.2, -0.15) is 0 Å². The van der Waals surface area contributed by atoms with Gasteiger partial charge in [0.25, 0.3) is 0 Å². The average Bonchev–Trinajstić information content (AvgIpc) is 2.91. The summed E-state index contributed by atoms with van der Waals surface area (Å²) < 4.78 is 11.9. The van der Waals surface area contributed by atoms with E-state index >= 15 is 0 Å². The Morgan fingerprint density at radius 3 is 3.04 bits per heavy atom. The van der Waals surface area contributed by atoms with E-state index in [0.29, 0.717) is 18.7 Å². The van der Waals surface area contributed by atoms with Crippen molar-refractivity contribution in [3.63, 3.8) is 0 Å². The molecule has 2 unspecified atom stereocenters. The first-order valence-electron chi connectivity index (χ1n) is 8.09. The number of carbonyl (C=O) groups is 1. The molecule has 4 rings (SSSR count). The first-order valence-corrected chi connectivity index (χ1v) is 8.09. The number of nitrogens with zero attached hydrogens (tertiary/aromatic N) is 1. The van der Waals surface area contributed by atoms with Crippen LogP contribution in [0.2, 0.25) is 0 Å². The van der Waals surface area contributed by atoms with Crippen molar-refractivity contribution >= 4 is 11.7 Å². The summed E-state index contributed by atoms with van der Waals surface area (Å²) in [5.74, 6) is 3.21. The molecule has 0 spiro atoms. The third-order valence-corrected chi connectivity index (χ3v) is 4.56. The Labute approximate surface area is 140 Å². The molecule has 124 valence electrons. The Morgan fingerprint density at radius 2 is 2.21 bits per heavy atom. The van der Waals surface area contributed by atoms with E-state index in [-0.39, 0.29) is 18.1 Å². The zero-order valence-electron chi connectivity index (χ0n) is 13.6. The van der Waals surface area contributed by atoms with Crippen molar-refractivity contribution in [3.05, 3.63) is 41.6 Å². The Balaban J connectivity index is 1.63. The van der Waals surface area contributed by atoms with Crippen LogP contribution in [-0.2, 0) is 11.2 Å². The summed E-state index contributed by atoms with van der Waals surface area (Å²) in [5.41, 5.74) is 2.07. The van der Waals surface area contributed by atoms with Crippen LogP contribution in [-0.4, -0.2) is 24.2 Å². The maximum absolute atomic E-state index is 11.5. The van der Waals surface area contributed by atoms with E-state index in [2.05, 4.69) is 22.5 Å². The van der Waals surface area contributed by atoms with E-state index in [9.17, 15) is 4.79 Å². The minimum Gasteiger partial charge on any atom is -0.474 e. The van der Waals surface area contributed by atoms with Crippen LogP contribution in [0, 0.1) is 0 Å². The van der Waals surface area contributed by atoms with Crippen molar-refractivity contribution in [2.45, 2.75) is 31.9 Å². The number of hydrogen-bond acceptors (Lipinski definition) is 5. The van der Waals surface area contributed by atoms with Gasteiger partial charge in [-0.1, -0.05) is 6.92 Å². The summed E-state index contributed by atoms with van der Waals surface area (Å²) in [5, 5.41) is 5.95. The van der Waals surface area contributed by atoms with Gasteiger partial charge in [0.15, 0.2) is 6.23 Å². The standard InChI is InChI=1S/C18H19N3O3/c1-10-13-9-11(3-5-14(13)24-18(10)19-2)23-15-7-8-20-17-12(15)4-6-16(22)21-17/h3,5,7-10,18-19H,4,6H2,1-2H3,(H,20,21,22). The Morgan fingerprint density at radius 1 is 1.33 bits per heavy atom. The monoisotopic (exact) mass is 325 g/mol. The zero-order valence-corrected chi connectivity index (χ0v) is 13.6. The fourth-order valence-electron chi connectivity index (χ4n) is 3.24. The molecule has 1 aromatic heterocycles. The first-order chi connectivity index (χ1) is 11.7. The number of fused-ring (bicyclic) bond motifs is 2. The van der Waals surface area contributed by atoms with Crippen LogP contribution < -0.4 is 20.1 Å². The molecule has 2 aliphatic rings. The quantitative estimate of drug-likeness (QED) is 0.908. The van der Waals surface area contributed by atoms with Gasteiger partial charge in [-0.05, 0) is 37.7 Å². The molecule has 24 heavy (non-hydrogen) atoms. The van der Waals surface area contributed by atoms with E-state index in [1.165, 1.54) is 0 Å². The van der Waals surface area contributed by atoms with Gasteiger partial charge in [-0.3, -0.25) is 10.1 Å². The SMILES string of the molecule is CNC1Oc2ccc(Oc3ccnc4c3CCC(=O)N4)cc2C1C. The second-order valence-electron chi connectivity index (χ2n) is 6.10. The van der Waals surface area contributed by atoms with Crippen molar-refractivity contribution in [2.24, 2.45) is 0 Å². The Kier molecular flexibility index (Phi) is 3.61. The van der Waals surface area contributed by atoms with Crippen LogP contribution in [0.3, 0.4) is 0 Å². The molecule has 6 heteroatoms. The molecule has 2 aliphatic heterocycles. The lowest BCUT2D eigenvalue weighted by Gasteiger charge is -2.19. The Bertz CT molecular complexity index is 806. The minimum absolute atomic E-state index is 0.00578. The third kappa shape index (κ3) is 2.49. The van der Waals surface area contributed by atoms with Crippen LogP contribution in [0.15, 0.2) is 30.5 Å². The van der Waals surface area contributed by atoms with E-state index in [4.69, 9.17) is 9.47 Å². The summed E-state index contributed by atoms with van der Waals surface area (Å²) in [6, 6.07) is 7.69. The van der Waals surface area contributed by atoms with Gasteiger partial charge in [-0.25, -0.2) is 4.98 Å². The number of anilines is 1. The maximum atomic E-state index is 11.5. The van der Waals surface area contributed by atoms with Gasteiger partial charge in [-0.15, -0.1) is 0 Å². The number of nitrogens with one attached hydrogen (secondary N) is 2. The fraction of sp³-hybridized carbons (Fsp3) is 0.333. The summed E-state index contributed by atoms with van der Waals surface area (Å²) in [4.78, 5) is 15.7. The highest BCUT2D eigenvalue weighted by Crippen LogP contribution is 2.40. The van der Waals surface area contributed by atoms with Gasteiger partial charge in [0.2, 0.25) is 5.91 Å². The fourth-order valence-corrected chi connectivity index (χ4v) is 3.24. The zero-order chi connectivity index (χ0) is 16.7. The third-order valence-electron chi connectivity index (χ3n) is 4.56. The number of carbonyl (C=O) groups excluding carboxylic acids is 1. The normalized spacial score (nSPS) is 21.5. The number of aromatic nitrogens is 1. The lowest BCUT2D eigenvalue weighted by atomic mass is 10.0. The van der Waals surface area contributed by atoms with Crippen molar-refractivity contribution in [3.8, 4) is 17.2 Å². The number of ether oxygens (including phenoxy) is 2. The Hall–Kier alpha value is -2.60. The summed E-state index contributed by atoms with van der Waals surface area (Å²) >= 11 is 0. The van der Waals surface area contributed by atoms with Crippen LogP contribution in [0.25, 0.3) is 0 Å². The molecule has 2 aromatic rings. The van der Waals surface area contributed by atoms with Crippen LogP contribution in [0.5, 0.6) is 17.2 Å². The largest absolute Gasteiger partial charge is 0.474 e. The predicted molar refractivity (Wildman–Crippen MR) is 89.6 cm³/mol. The molecular formula is C18H19N3O3. The highest BCUT2D eigenvalue weighted by Gasteiger charge is 2.30. The number of amides is 1. The molecule has 1 amide bonds. The number of benzene rings is 1. The van der Waals surface area contributed by atoms with Crippen molar-refractivity contribution in [1.82, 2.24) is 10.3 Å². The van der Waals surface area contributed by atoms with Gasteiger partial charge >= 0.3 is 0 Å². The van der Waals surface area contributed by atoms with E-state index < -0.39 is 0 Å². The minimum atomic E-state index is -0.0147. The lowest BCUT2D eigenvalue weighted by molar-refractivity contribution is -0.116. The molecule has 0 radical (unpaired) electrons. The van der Waals surface area contributed by atoms with Gasteiger partial charge in [0.05, 0.1) is 0 Å². The van der Waals surface area contributed by atoms with Crippen LogP contribution in [0.1, 0.15) is 30.4 Å². The summed E-state index contributed by atoms with van der Waals surface area (Å²) in [6.45, 7) is 2.13. The van der Waals surface area contributed by atoms with E-state index in [0.717, 1.165) is 28.4 Å². The molecule has 6 nitrogen and oxygen atoms in total. The molecular weight excluding hydrogens is 306 g/mol. The lowest BCUT2D eigenvalue weighted by Crippen LogP contribution is -2.31. The van der Waals surface area contributed by atoms with Crippen LogP contribution >= 0.6 is 0 Å². The molecule has 0 saturated heterocycles. The van der Waals surface area contributed by atoms with Crippen LogP contribution in [0.4, 0.5) is 5.82 Å². The molecule has 0 fully saturated rings. The number of pyridine rings is 1. The highest BCUT2D eigenvalue weighted by molar-refractivity contribution is 5.93. The second kappa shape index (κ2) is 5.79. The van der Waals surface area contributed by atoms with Crippen molar-refractivity contribution in [1.29, 1.82) is 0 Å². The molecule has 1 aromatic carbocycles. The van der Waals surface area contributed by atoms with Gasteiger partial charge < -0.3 is 14.8 Å². The molecule has 2 atom stereocenters. The van der Waals surface area contributed by atoms with E-state index in [1.54, 1.807) is 6.20 Å². The van der Waals surface area contributed by atoms with Crippen molar-refractivity contribution in [2.75, 3.05) is 12.4 Å². The van der Waals surface area contributed by atoms with Crippen molar-refractivity contribution < 1.29 is 14.3 Å². The molecule has 0 saturated carbocycles. The maximum Gasteiger partial charge on any atom is 0.225 e. The molecule has 2 N–H and O–H groups in total. The molecule has 0 aliphatic carbocycles. The average molecular weight is 325 g/mol. The summed E-state index contributed by atoms with van der Waals surface area (Å²) in [6.07, 6.45) is 2.72. The first kappa shape index (κ1) is 15.0. The highest BCUT2D eigenvalue weighted by atomic mass is 16.5. The summed E-state index contributed by atoms with van der Waals surface area (Å²) in [7, 11) is 1.89.